The third-order valence-electron chi connectivity index (χ3n) is 3.81. The van der Waals surface area contributed by atoms with Crippen molar-refractivity contribution in [2.75, 3.05) is 18.0 Å². The first-order valence-electron chi connectivity index (χ1n) is 7.49. The molecule has 108 valence electrons. The van der Waals surface area contributed by atoms with E-state index in [0.717, 1.165) is 19.0 Å². The molecule has 2 heterocycles. The molecule has 0 aliphatic carbocycles. The number of nitrogens with one attached hydrogen (secondary N) is 1. The van der Waals surface area contributed by atoms with Gasteiger partial charge in [-0.25, -0.2) is 0 Å². The van der Waals surface area contributed by atoms with Crippen molar-refractivity contribution in [2.45, 2.75) is 59.0 Å². The minimum absolute atomic E-state index is 0.429. The van der Waals surface area contributed by atoms with E-state index in [4.69, 9.17) is 4.42 Å². The molecule has 1 aliphatic heterocycles. The largest absolute Gasteiger partial charge is 0.407 e. The Kier molecular flexibility index (Phi) is 5.19. The van der Waals surface area contributed by atoms with Gasteiger partial charge in [0.1, 0.15) is 0 Å². The summed E-state index contributed by atoms with van der Waals surface area (Å²) in [5.74, 6) is 1.54. The van der Waals surface area contributed by atoms with E-state index in [2.05, 4.69) is 41.2 Å². The Morgan fingerprint density at radius 2 is 2.16 bits per heavy atom. The van der Waals surface area contributed by atoms with Gasteiger partial charge in [0.15, 0.2) is 0 Å². The maximum absolute atomic E-state index is 5.74. The van der Waals surface area contributed by atoms with E-state index < -0.39 is 0 Å². The summed E-state index contributed by atoms with van der Waals surface area (Å²) in [6.45, 7) is 9.22. The summed E-state index contributed by atoms with van der Waals surface area (Å²) < 4.78 is 5.74. The van der Waals surface area contributed by atoms with Crippen molar-refractivity contribution in [3.63, 3.8) is 0 Å². The van der Waals surface area contributed by atoms with Crippen LogP contribution in [0.15, 0.2) is 4.42 Å². The number of hydrogen-bond donors (Lipinski definition) is 1. The fraction of sp³-hybridized carbons (Fsp3) is 0.857. The predicted molar refractivity (Wildman–Crippen MR) is 76.1 cm³/mol. The molecule has 0 radical (unpaired) electrons. The topological polar surface area (TPSA) is 54.2 Å². The molecular weight excluding hydrogens is 240 g/mol. The molecule has 0 bridgehead atoms. The highest BCUT2D eigenvalue weighted by Crippen LogP contribution is 2.23. The predicted octanol–water partition coefficient (Wildman–Crippen LogP) is 2.58. The molecule has 1 atom stereocenters. The van der Waals surface area contributed by atoms with E-state index in [-0.39, 0.29) is 0 Å². The normalized spacial score (nSPS) is 20.8. The molecule has 0 amide bonds. The first-order chi connectivity index (χ1) is 9.19. The molecule has 0 saturated carbocycles. The van der Waals surface area contributed by atoms with Gasteiger partial charge in [-0.05, 0) is 25.2 Å². The summed E-state index contributed by atoms with van der Waals surface area (Å²) in [6.07, 6.45) is 5.06. The van der Waals surface area contributed by atoms with Gasteiger partial charge in [0.05, 0.1) is 6.54 Å². The van der Waals surface area contributed by atoms with Gasteiger partial charge in [0, 0.05) is 19.1 Å². The Labute approximate surface area is 115 Å². The highest BCUT2D eigenvalue weighted by Gasteiger charge is 2.19. The molecule has 2 rings (SSSR count). The maximum atomic E-state index is 5.74. The average molecular weight is 266 g/mol. The number of anilines is 1. The van der Waals surface area contributed by atoms with Gasteiger partial charge in [-0.2, -0.15) is 0 Å². The van der Waals surface area contributed by atoms with Crippen molar-refractivity contribution < 1.29 is 4.42 Å². The van der Waals surface area contributed by atoms with Crippen LogP contribution in [-0.4, -0.2) is 29.3 Å². The van der Waals surface area contributed by atoms with Crippen molar-refractivity contribution in [1.29, 1.82) is 0 Å². The fourth-order valence-electron chi connectivity index (χ4n) is 2.50. The molecule has 5 heteroatoms. The standard InChI is InChI=1S/C14H26N4O/c1-4-12-6-5-8-18(9-7-12)14-17-16-13(19-14)10-15-11(2)3/h11-12,15H,4-10H2,1-3H3. The van der Waals surface area contributed by atoms with E-state index in [9.17, 15) is 0 Å². The van der Waals surface area contributed by atoms with Crippen molar-refractivity contribution in [1.82, 2.24) is 15.5 Å². The summed E-state index contributed by atoms with van der Waals surface area (Å²) in [7, 11) is 0. The molecule has 1 saturated heterocycles. The van der Waals surface area contributed by atoms with Gasteiger partial charge in [0.2, 0.25) is 5.89 Å². The van der Waals surface area contributed by atoms with Gasteiger partial charge < -0.3 is 14.6 Å². The van der Waals surface area contributed by atoms with Gasteiger partial charge in [-0.3, -0.25) is 0 Å². The van der Waals surface area contributed by atoms with Crippen LogP contribution in [0.2, 0.25) is 0 Å². The van der Waals surface area contributed by atoms with Crippen LogP contribution in [0.4, 0.5) is 6.01 Å². The van der Waals surface area contributed by atoms with Crippen LogP contribution in [0, 0.1) is 5.92 Å². The Hall–Kier alpha value is -1.10. The van der Waals surface area contributed by atoms with Gasteiger partial charge >= 0.3 is 6.01 Å². The summed E-state index contributed by atoms with van der Waals surface area (Å²) in [6, 6.07) is 1.12. The first-order valence-corrected chi connectivity index (χ1v) is 7.49. The SMILES string of the molecule is CCC1CCCN(c2nnc(CNC(C)C)o2)CC1. The van der Waals surface area contributed by atoms with Gasteiger partial charge in [-0.15, -0.1) is 5.10 Å². The Morgan fingerprint density at radius 3 is 2.89 bits per heavy atom. The van der Waals surface area contributed by atoms with Crippen LogP contribution >= 0.6 is 0 Å². The monoisotopic (exact) mass is 266 g/mol. The molecule has 1 aliphatic rings. The highest BCUT2D eigenvalue weighted by molar-refractivity contribution is 5.24. The van der Waals surface area contributed by atoms with Crippen LogP contribution in [0.3, 0.4) is 0 Å². The van der Waals surface area contributed by atoms with E-state index in [1.54, 1.807) is 0 Å². The zero-order chi connectivity index (χ0) is 13.7. The summed E-state index contributed by atoms with van der Waals surface area (Å²) in [5.41, 5.74) is 0. The molecule has 5 nitrogen and oxygen atoms in total. The number of hydrogen-bond acceptors (Lipinski definition) is 5. The summed E-state index contributed by atoms with van der Waals surface area (Å²) in [4.78, 5) is 2.24. The first kappa shape index (κ1) is 14.3. The lowest BCUT2D eigenvalue weighted by molar-refractivity contribution is 0.442. The molecule has 19 heavy (non-hydrogen) atoms. The number of aromatic nitrogens is 2. The minimum Gasteiger partial charge on any atom is -0.407 e. The molecule has 0 aromatic carbocycles. The third-order valence-corrected chi connectivity index (χ3v) is 3.81. The lowest BCUT2D eigenvalue weighted by Gasteiger charge is -2.17. The number of nitrogens with zero attached hydrogens (tertiary/aromatic N) is 3. The maximum Gasteiger partial charge on any atom is 0.318 e. The minimum atomic E-state index is 0.429. The summed E-state index contributed by atoms with van der Waals surface area (Å²) >= 11 is 0. The van der Waals surface area contributed by atoms with E-state index in [1.807, 2.05) is 0 Å². The van der Waals surface area contributed by atoms with E-state index >= 15 is 0 Å². The van der Waals surface area contributed by atoms with Gasteiger partial charge in [0.25, 0.3) is 0 Å². The van der Waals surface area contributed by atoms with Gasteiger partial charge in [-0.1, -0.05) is 32.3 Å². The quantitative estimate of drug-likeness (QED) is 0.887. The molecule has 1 fully saturated rings. The fourth-order valence-corrected chi connectivity index (χ4v) is 2.50. The number of rotatable bonds is 5. The molecule has 1 N–H and O–H groups in total. The third kappa shape index (κ3) is 4.20. The Bertz CT molecular complexity index is 377. The Morgan fingerprint density at radius 1 is 1.32 bits per heavy atom. The average Bonchev–Trinajstić information content (AvgIpc) is 2.73. The lowest BCUT2D eigenvalue weighted by Crippen LogP contribution is -2.24. The van der Waals surface area contributed by atoms with Crippen molar-refractivity contribution in [3.05, 3.63) is 5.89 Å². The molecule has 0 spiro atoms. The molecule has 1 aromatic rings. The second-order valence-electron chi connectivity index (χ2n) is 5.71. The van der Waals surface area contributed by atoms with E-state index in [1.165, 1.54) is 25.7 Å². The molecule has 1 aromatic heterocycles. The molecular formula is C14H26N4O. The van der Waals surface area contributed by atoms with E-state index in [0.29, 0.717) is 24.5 Å². The smallest absolute Gasteiger partial charge is 0.318 e. The van der Waals surface area contributed by atoms with Crippen molar-refractivity contribution in [3.8, 4) is 0 Å². The highest BCUT2D eigenvalue weighted by atomic mass is 16.4. The van der Waals surface area contributed by atoms with Crippen LogP contribution in [0.25, 0.3) is 0 Å². The van der Waals surface area contributed by atoms with Crippen molar-refractivity contribution >= 4 is 6.01 Å². The second-order valence-corrected chi connectivity index (χ2v) is 5.71. The molecule has 1 unspecified atom stereocenters. The van der Waals surface area contributed by atoms with Crippen LogP contribution in [0.1, 0.15) is 52.3 Å². The summed E-state index contributed by atoms with van der Waals surface area (Å²) in [5, 5.41) is 11.6. The zero-order valence-electron chi connectivity index (χ0n) is 12.4. The second kappa shape index (κ2) is 6.89. The van der Waals surface area contributed by atoms with Crippen LogP contribution in [0.5, 0.6) is 0 Å². The lowest BCUT2D eigenvalue weighted by atomic mass is 9.98. The van der Waals surface area contributed by atoms with Crippen molar-refractivity contribution in [2.24, 2.45) is 5.92 Å². The zero-order valence-corrected chi connectivity index (χ0v) is 12.4. The van der Waals surface area contributed by atoms with Crippen LogP contribution < -0.4 is 10.2 Å². The van der Waals surface area contributed by atoms with Crippen LogP contribution in [-0.2, 0) is 6.54 Å². The Balaban J connectivity index is 1.90.